The first kappa shape index (κ1) is 14.6. The third-order valence-electron chi connectivity index (χ3n) is 3.02. The number of anilines is 1. The van der Waals surface area contributed by atoms with E-state index >= 15 is 0 Å². The topological polar surface area (TPSA) is 84.6 Å². The van der Waals surface area contributed by atoms with Gasteiger partial charge in [0.2, 0.25) is 0 Å². The Morgan fingerprint density at radius 3 is 2.81 bits per heavy atom. The second kappa shape index (κ2) is 6.13. The normalized spacial score (nSPS) is 10.2. The van der Waals surface area contributed by atoms with Gasteiger partial charge in [0.25, 0.3) is 5.91 Å². The van der Waals surface area contributed by atoms with E-state index in [1.54, 1.807) is 18.2 Å². The van der Waals surface area contributed by atoms with E-state index in [2.05, 4.69) is 5.32 Å². The average molecular weight is 290 g/mol. The molecule has 0 aliphatic heterocycles. The van der Waals surface area contributed by atoms with Crippen LogP contribution in [0.25, 0.3) is 0 Å². The number of phenolic OH excluding ortho intramolecular Hbond substituents is 1. The minimum absolute atomic E-state index is 0.0322. The van der Waals surface area contributed by atoms with Gasteiger partial charge in [0.05, 0.1) is 12.7 Å². The van der Waals surface area contributed by atoms with E-state index in [4.69, 9.17) is 10.5 Å². The zero-order valence-corrected chi connectivity index (χ0v) is 11.4. The number of nitrogens with two attached hydrogens (primary N) is 1. The largest absolute Gasteiger partial charge is 0.504 e. The van der Waals surface area contributed by atoms with Gasteiger partial charge >= 0.3 is 0 Å². The maximum atomic E-state index is 13.4. The molecule has 0 aliphatic carbocycles. The standard InChI is InChI=1S/C15H15FN2O3/c1-21-13-4-2-3-9(14(13)19)8-18-10-5-6-12(16)11(7-10)15(17)20/h2-7,18-19H,8H2,1H3,(H2,17,20). The molecule has 2 rings (SSSR count). The Morgan fingerprint density at radius 1 is 1.38 bits per heavy atom. The van der Waals surface area contributed by atoms with Crippen LogP contribution in [-0.4, -0.2) is 18.1 Å². The van der Waals surface area contributed by atoms with Gasteiger partial charge in [-0.3, -0.25) is 4.79 Å². The lowest BCUT2D eigenvalue weighted by molar-refractivity contribution is 0.0996. The van der Waals surface area contributed by atoms with Crippen LogP contribution in [0, 0.1) is 5.82 Å². The third kappa shape index (κ3) is 3.22. The van der Waals surface area contributed by atoms with Crippen molar-refractivity contribution in [2.24, 2.45) is 5.73 Å². The number of hydrogen-bond donors (Lipinski definition) is 3. The predicted octanol–water partition coefficient (Wildman–Crippen LogP) is 2.25. The Kier molecular flexibility index (Phi) is 4.27. The number of amides is 1. The summed E-state index contributed by atoms with van der Waals surface area (Å²) >= 11 is 0. The van der Waals surface area contributed by atoms with Crippen LogP contribution >= 0.6 is 0 Å². The van der Waals surface area contributed by atoms with Gasteiger partial charge in [-0.05, 0) is 24.3 Å². The fourth-order valence-electron chi connectivity index (χ4n) is 1.90. The number of halogens is 1. The third-order valence-corrected chi connectivity index (χ3v) is 3.02. The average Bonchev–Trinajstić information content (AvgIpc) is 2.47. The minimum atomic E-state index is -0.833. The Hall–Kier alpha value is -2.76. The van der Waals surface area contributed by atoms with Gasteiger partial charge in [0.1, 0.15) is 5.82 Å². The van der Waals surface area contributed by atoms with Gasteiger partial charge in [-0.25, -0.2) is 4.39 Å². The van der Waals surface area contributed by atoms with Crippen molar-refractivity contribution in [1.29, 1.82) is 0 Å². The quantitative estimate of drug-likeness (QED) is 0.788. The molecule has 4 N–H and O–H groups in total. The number of phenols is 1. The van der Waals surface area contributed by atoms with Crippen molar-refractivity contribution < 1.29 is 19.0 Å². The summed E-state index contributed by atoms with van der Waals surface area (Å²) in [4.78, 5) is 11.1. The highest BCUT2D eigenvalue weighted by Crippen LogP contribution is 2.29. The molecule has 6 heteroatoms. The molecule has 0 radical (unpaired) electrons. The molecule has 0 fully saturated rings. The summed E-state index contributed by atoms with van der Waals surface area (Å²) in [6.07, 6.45) is 0. The van der Waals surface area contributed by atoms with Crippen LogP contribution in [0.2, 0.25) is 0 Å². The molecule has 0 saturated carbocycles. The Morgan fingerprint density at radius 2 is 2.14 bits per heavy atom. The minimum Gasteiger partial charge on any atom is -0.504 e. The van der Waals surface area contributed by atoms with Crippen molar-refractivity contribution in [1.82, 2.24) is 0 Å². The monoisotopic (exact) mass is 290 g/mol. The first-order valence-electron chi connectivity index (χ1n) is 6.21. The molecule has 0 spiro atoms. The molecular formula is C15H15FN2O3. The highest BCUT2D eigenvalue weighted by atomic mass is 19.1. The Balaban J connectivity index is 2.17. The summed E-state index contributed by atoms with van der Waals surface area (Å²) in [7, 11) is 1.46. The highest BCUT2D eigenvalue weighted by molar-refractivity contribution is 5.94. The lowest BCUT2D eigenvalue weighted by Crippen LogP contribution is -2.13. The van der Waals surface area contributed by atoms with Crippen molar-refractivity contribution in [3.05, 3.63) is 53.3 Å². The molecule has 110 valence electrons. The Labute approximate surface area is 121 Å². The summed E-state index contributed by atoms with van der Waals surface area (Å²) in [6, 6.07) is 9.09. The number of hydrogen-bond acceptors (Lipinski definition) is 4. The van der Waals surface area contributed by atoms with Gasteiger partial charge < -0.3 is 20.9 Å². The van der Waals surface area contributed by atoms with Crippen LogP contribution < -0.4 is 15.8 Å². The fourth-order valence-corrected chi connectivity index (χ4v) is 1.90. The number of carbonyl (C=O) groups is 1. The van der Waals surface area contributed by atoms with E-state index in [1.807, 2.05) is 0 Å². The summed E-state index contributed by atoms with van der Waals surface area (Å²) in [6.45, 7) is 0.285. The van der Waals surface area contributed by atoms with Crippen molar-refractivity contribution >= 4 is 11.6 Å². The van der Waals surface area contributed by atoms with Crippen LogP contribution in [0.1, 0.15) is 15.9 Å². The van der Waals surface area contributed by atoms with E-state index < -0.39 is 11.7 Å². The number of primary amides is 1. The number of para-hydroxylation sites is 1. The van der Waals surface area contributed by atoms with E-state index in [0.717, 1.165) is 6.07 Å². The molecule has 1 amide bonds. The summed E-state index contributed by atoms with van der Waals surface area (Å²) < 4.78 is 18.4. The zero-order chi connectivity index (χ0) is 15.4. The van der Waals surface area contributed by atoms with E-state index in [-0.39, 0.29) is 17.9 Å². The van der Waals surface area contributed by atoms with Crippen LogP contribution in [0.5, 0.6) is 11.5 Å². The van der Waals surface area contributed by atoms with E-state index in [9.17, 15) is 14.3 Å². The smallest absolute Gasteiger partial charge is 0.251 e. The lowest BCUT2D eigenvalue weighted by atomic mass is 10.1. The molecule has 0 aromatic heterocycles. The molecule has 21 heavy (non-hydrogen) atoms. The molecule has 2 aromatic rings. The molecular weight excluding hydrogens is 275 g/mol. The second-order valence-corrected chi connectivity index (χ2v) is 4.38. The van der Waals surface area contributed by atoms with E-state index in [1.165, 1.54) is 19.2 Å². The molecule has 0 bridgehead atoms. The zero-order valence-electron chi connectivity index (χ0n) is 11.4. The number of benzene rings is 2. The van der Waals surface area contributed by atoms with Crippen molar-refractivity contribution in [3.8, 4) is 11.5 Å². The molecule has 0 unspecified atom stereocenters. The number of methoxy groups -OCH3 is 1. The summed E-state index contributed by atoms with van der Waals surface area (Å²) in [5.41, 5.74) is 6.04. The number of aromatic hydroxyl groups is 1. The molecule has 2 aromatic carbocycles. The summed E-state index contributed by atoms with van der Waals surface area (Å²) in [5.74, 6) is -1.10. The SMILES string of the molecule is COc1cccc(CNc2ccc(F)c(C(N)=O)c2)c1O. The second-order valence-electron chi connectivity index (χ2n) is 4.38. The van der Waals surface area contributed by atoms with Crippen LogP contribution in [0.4, 0.5) is 10.1 Å². The van der Waals surface area contributed by atoms with Crippen molar-refractivity contribution in [3.63, 3.8) is 0 Å². The fraction of sp³-hybridized carbons (Fsp3) is 0.133. The molecule has 0 heterocycles. The molecule has 5 nitrogen and oxygen atoms in total. The maximum absolute atomic E-state index is 13.4. The van der Waals surface area contributed by atoms with Crippen LogP contribution in [0.3, 0.4) is 0 Å². The van der Waals surface area contributed by atoms with E-state index in [0.29, 0.717) is 17.0 Å². The van der Waals surface area contributed by atoms with Gasteiger partial charge in [-0.2, -0.15) is 0 Å². The summed E-state index contributed by atoms with van der Waals surface area (Å²) in [5, 5.41) is 12.9. The van der Waals surface area contributed by atoms with Gasteiger partial charge in [-0.1, -0.05) is 12.1 Å². The van der Waals surface area contributed by atoms with Gasteiger partial charge in [-0.15, -0.1) is 0 Å². The maximum Gasteiger partial charge on any atom is 0.251 e. The number of rotatable bonds is 5. The highest BCUT2D eigenvalue weighted by Gasteiger charge is 2.10. The van der Waals surface area contributed by atoms with Gasteiger partial charge in [0, 0.05) is 17.8 Å². The van der Waals surface area contributed by atoms with Crippen LogP contribution in [0.15, 0.2) is 36.4 Å². The van der Waals surface area contributed by atoms with Crippen LogP contribution in [-0.2, 0) is 6.54 Å². The van der Waals surface area contributed by atoms with Crippen molar-refractivity contribution in [2.45, 2.75) is 6.54 Å². The number of ether oxygens (including phenoxy) is 1. The molecule has 0 atom stereocenters. The molecule has 0 saturated heterocycles. The first-order chi connectivity index (χ1) is 10.0. The Bertz CT molecular complexity index is 674. The molecule has 0 aliphatic rings. The lowest BCUT2D eigenvalue weighted by Gasteiger charge is -2.11. The first-order valence-corrected chi connectivity index (χ1v) is 6.21. The number of carbonyl (C=O) groups excluding carboxylic acids is 1. The predicted molar refractivity (Wildman–Crippen MR) is 76.9 cm³/mol. The van der Waals surface area contributed by atoms with Crippen molar-refractivity contribution in [2.75, 3.05) is 12.4 Å². The van der Waals surface area contributed by atoms with Gasteiger partial charge in [0.15, 0.2) is 11.5 Å². The number of nitrogens with one attached hydrogen (secondary N) is 1.